The van der Waals surface area contributed by atoms with E-state index in [9.17, 15) is 18.0 Å². The molecule has 2 fully saturated rings. The molecule has 0 saturated carbocycles. The first kappa shape index (κ1) is 27.0. The highest BCUT2D eigenvalue weighted by Crippen LogP contribution is 2.34. The van der Waals surface area contributed by atoms with E-state index in [1.54, 1.807) is 19.3 Å². The predicted molar refractivity (Wildman–Crippen MR) is 138 cm³/mol. The van der Waals surface area contributed by atoms with Gasteiger partial charge in [-0.15, -0.1) is 0 Å². The zero-order valence-electron chi connectivity index (χ0n) is 22.3. The minimum Gasteiger partial charge on any atom is -0.378 e. The van der Waals surface area contributed by atoms with Gasteiger partial charge in [-0.1, -0.05) is 13.8 Å². The Kier molecular flexibility index (Phi) is 7.56. The minimum atomic E-state index is -4.51. The Balaban J connectivity index is 1.66. The molecule has 14 heteroatoms. The Hall–Kier alpha value is -3.55. The van der Waals surface area contributed by atoms with Gasteiger partial charge in [0.05, 0.1) is 18.8 Å². The van der Waals surface area contributed by atoms with Gasteiger partial charge >= 0.3 is 6.18 Å². The lowest BCUT2D eigenvalue weighted by Gasteiger charge is -2.41. The van der Waals surface area contributed by atoms with Crippen LogP contribution in [0.1, 0.15) is 32.5 Å². The van der Waals surface area contributed by atoms with Crippen molar-refractivity contribution in [2.45, 2.75) is 52.4 Å². The maximum absolute atomic E-state index is 14.0. The average molecular weight is 548 g/mol. The number of carbonyl (C=O) groups excluding carboxylic acids is 1. The monoisotopic (exact) mass is 547 g/mol. The zero-order chi connectivity index (χ0) is 27.7. The predicted octanol–water partition coefficient (Wildman–Crippen LogP) is 2.83. The summed E-state index contributed by atoms with van der Waals surface area (Å²) in [6.45, 7) is 7.40. The first-order valence-corrected chi connectivity index (χ1v) is 13.2. The number of aryl methyl sites for hydroxylation is 1. The van der Waals surface area contributed by atoms with Crippen LogP contribution in [0.3, 0.4) is 0 Å². The number of morpholine rings is 1. The minimum absolute atomic E-state index is 0.0377. The SMILES string of the molecule is CCC(=O)N1CCN(c2nc3c(N4CCOCC4)nc(-c4cnc(C)nc4)nc3n2CC(F)(F)F)C[C@@H]1CC. The van der Waals surface area contributed by atoms with E-state index in [-0.39, 0.29) is 29.4 Å². The molecule has 39 heavy (non-hydrogen) atoms. The van der Waals surface area contributed by atoms with Crippen LogP contribution in [0.4, 0.5) is 24.9 Å². The van der Waals surface area contributed by atoms with Gasteiger partial charge in [0.25, 0.3) is 0 Å². The summed E-state index contributed by atoms with van der Waals surface area (Å²) in [5, 5.41) is 0. The highest BCUT2D eigenvalue weighted by Gasteiger charge is 2.36. The van der Waals surface area contributed by atoms with E-state index in [0.29, 0.717) is 81.5 Å². The van der Waals surface area contributed by atoms with Crippen molar-refractivity contribution in [2.24, 2.45) is 0 Å². The van der Waals surface area contributed by atoms with E-state index in [1.165, 1.54) is 0 Å². The first-order chi connectivity index (χ1) is 18.7. The third-order valence-electron chi connectivity index (χ3n) is 7.10. The van der Waals surface area contributed by atoms with Crippen molar-refractivity contribution in [1.82, 2.24) is 34.4 Å². The number of halogens is 3. The molecule has 0 N–H and O–H groups in total. The standard InChI is InChI=1S/C25H32F3N9O2/c1-4-18-14-35(6-7-36(18)19(38)5-2)24-31-20-22(34-8-10-39-11-9-34)32-21(17-12-29-16(3)30-13-17)33-23(20)37(24)15-25(26,27)28/h12-13,18H,4-11,14-15H2,1-3H3/t18-/m0/s1. The second kappa shape index (κ2) is 10.9. The van der Waals surface area contributed by atoms with E-state index in [4.69, 9.17) is 14.7 Å². The quantitative estimate of drug-likeness (QED) is 0.461. The van der Waals surface area contributed by atoms with Crippen LogP contribution in [-0.4, -0.2) is 98.4 Å². The Morgan fingerprint density at radius 1 is 1.03 bits per heavy atom. The second-order valence-electron chi connectivity index (χ2n) is 9.72. The lowest BCUT2D eigenvalue weighted by molar-refractivity contribution is -0.139. The zero-order valence-corrected chi connectivity index (χ0v) is 22.3. The van der Waals surface area contributed by atoms with Gasteiger partial charge in [-0.3, -0.25) is 9.36 Å². The van der Waals surface area contributed by atoms with Crippen LogP contribution >= 0.6 is 0 Å². The lowest BCUT2D eigenvalue weighted by atomic mass is 10.1. The number of alkyl halides is 3. The number of amides is 1. The number of fused-ring (bicyclic) bond motifs is 1. The fraction of sp³-hybridized carbons (Fsp3) is 0.600. The molecule has 11 nitrogen and oxygen atoms in total. The molecule has 3 aromatic rings. The van der Waals surface area contributed by atoms with Crippen LogP contribution < -0.4 is 9.80 Å². The van der Waals surface area contributed by atoms with Gasteiger partial charge in [0.1, 0.15) is 12.4 Å². The number of carbonyl (C=O) groups is 1. The molecule has 0 aromatic carbocycles. The number of aromatic nitrogens is 6. The van der Waals surface area contributed by atoms with Crippen molar-refractivity contribution in [3.63, 3.8) is 0 Å². The molecule has 1 atom stereocenters. The van der Waals surface area contributed by atoms with Crippen molar-refractivity contribution >= 4 is 28.8 Å². The van der Waals surface area contributed by atoms with Crippen LogP contribution in [0.5, 0.6) is 0 Å². The van der Waals surface area contributed by atoms with Crippen LogP contribution in [0.25, 0.3) is 22.6 Å². The summed E-state index contributed by atoms with van der Waals surface area (Å²) in [7, 11) is 0. The molecule has 210 valence electrons. The Bertz CT molecular complexity index is 1320. The summed E-state index contributed by atoms with van der Waals surface area (Å²) < 4.78 is 48.5. The molecule has 0 bridgehead atoms. The maximum Gasteiger partial charge on any atom is 0.406 e. The molecular weight excluding hydrogens is 515 g/mol. The molecule has 1 amide bonds. The highest BCUT2D eigenvalue weighted by molar-refractivity contribution is 5.88. The van der Waals surface area contributed by atoms with Crippen LogP contribution in [0.15, 0.2) is 12.4 Å². The van der Waals surface area contributed by atoms with Crippen LogP contribution in [0.2, 0.25) is 0 Å². The molecule has 0 radical (unpaired) electrons. The summed E-state index contributed by atoms with van der Waals surface area (Å²) in [6.07, 6.45) is -0.323. The average Bonchev–Trinajstić information content (AvgIpc) is 3.29. The number of anilines is 2. The number of hydrogen-bond donors (Lipinski definition) is 0. The van der Waals surface area contributed by atoms with Gasteiger partial charge in [-0.2, -0.15) is 13.2 Å². The summed E-state index contributed by atoms with van der Waals surface area (Å²) in [4.78, 5) is 40.6. The first-order valence-electron chi connectivity index (χ1n) is 13.2. The Morgan fingerprint density at radius 3 is 2.38 bits per heavy atom. The van der Waals surface area contributed by atoms with E-state index in [0.717, 1.165) is 4.57 Å². The summed E-state index contributed by atoms with van der Waals surface area (Å²) in [6, 6.07) is -0.129. The molecule has 2 aliphatic rings. The number of nitrogens with zero attached hydrogens (tertiary/aromatic N) is 9. The number of imidazole rings is 1. The van der Waals surface area contributed by atoms with Gasteiger partial charge in [-0.05, 0) is 13.3 Å². The molecular formula is C25H32F3N9O2. The molecule has 0 aliphatic carbocycles. The fourth-order valence-electron chi connectivity index (χ4n) is 5.09. The lowest BCUT2D eigenvalue weighted by Crippen LogP contribution is -2.55. The number of piperazine rings is 1. The molecule has 2 aliphatic heterocycles. The fourth-order valence-corrected chi connectivity index (χ4v) is 5.09. The van der Waals surface area contributed by atoms with Crippen LogP contribution in [-0.2, 0) is 16.1 Å². The third kappa shape index (κ3) is 5.60. The van der Waals surface area contributed by atoms with Crippen LogP contribution in [0, 0.1) is 6.92 Å². The topological polar surface area (TPSA) is 105 Å². The maximum atomic E-state index is 14.0. The normalized spacial score (nSPS) is 18.7. The molecule has 0 spiro atoms. The van der Waals surface area contributed by atoms with Gasteiger partial charge in [0, 0.05) is 57.6 Å². The van der Waals surface area contributed by atoms with E-state index in [2.05, 4.69) is 15.0 Å². The van der Waals surface area contributed by atoms with Gasteiger partial charge < -0.3 is 19.4 Å². The van der Waals surface area contributed by atoms with E-state index >= 15 is 0 Å². The van der Waals surface area contributed by atoms with Crippen molar-refractivity contribution < 1.29 is 22.7 Å². The number of ether oxygens (including phenoxy) is 1. The largest absolute Gasteiger partial charge is 0.406 e. The number of rotatable bonds is 6. The molecule has 5 rings (SSSR count). The van der Waals surface area contributed by atoms with Crippen molar-refractivity contribution in [1.29, 1.82) is 0 Å². The highest BCUT2D eigenvalue weighted by atomic mass is 19.4. The summed E-state index contributed by atoms with van der Waals surface area (Å²) in [5.41, 5.74) is 0.888. The van der Waals surface area contributed by atoms with Crippen molar-refractivity contribution in [3.05, 3.63) is 18.2 Å². The van der Waals surface area contributed by atoms with Gasteiger partial charge in [0.15, 0.2) is 22.8 Å². The van der Waals surface area contributed by atoms with E-state index in [1.807, 2.05) is 28.5 Å². The third-order valence-corrected chi connectivity index (χ3v) is 7.10. The summed E-state index contributed by atoms with van der Waals surface area (Å²) >= 11 is 0. The Labute approximate surface area is 224 Å². The van der Waals surface area contributed by atoms with Gasteiger partial charge in [-0.25, -0.2) is 24.9 Å². The molecule has 3 aromatic heterocycles. The molecule has 0 unspecified atom stereocenters. The second-order valence-corrected chi connectivity index (χ2v) is 9.72. The Morgan fingerprint density at radius 2 is 1.74 bits per heavy atom. The molecule has 2 saturated heterocycles. The van der Waals surface area contributed by atoms with Crippen molar-refractivity contribution in [2.75, 3.05) is 55.7 Å². The van der Waals surface area contributed by atoms with E-state index < -0.39 is 12.7 Å². The summed E-state index contributed by atoms with van der Waals surface area (Å²) in [5.74, 6) is 1.45. The van der Waals surface area contributed by atoms with Gasteiger partial charge in [0.2, 0.25) is 11.9 Å². The smallest absolute Gasteiger partial charge is 0.378 e. The van der Waals surface area contributed by atoms with Crippen molar-refractivity contribution in [3.8, 4) is 11.4 Å². The number of hydrogen-bond acceptors (Lipinski definition) is 9. The molecule has 5 heterocycles.